The van der Waals surface area contributed by atoms with E-state index in [2.05, 4.69) is 53.4 Å². The zero-order chi connectivity index (χ0) is 33.2. The molecule has 0 aliphatic carbocycles. The highest BCUT2D eigenvalue weighted by Crippen LogP contribution is 2.45. The van der Waals surface area contributed by atoms with Gasteiger partial charge in [0.25, 0.3) is 0 Å². The predicted molar refractivity (Wildman–Crippen MR) is 195 cm³/mol. The number of amides is 1. The molecule has 1 unspecified atom stereocenters. The number of benzene rings is 3. The second-order valence-corrected chi connectivity index (χ2v) is 21.5. The van der Waals surface area contributed by atoms with Gasteiger partial charge in [-0.1, -0.05) is 116 Å². The average Bonchev–Trinajstić information content (AvgIpc) is 3.46. The third kappa shape index (κ3) is 7.47. The van der Waals surface area contributed by atoms with Crippen molar-refractivity contribution in [1.82, 2.24) is 9.88 Å². The number of β-lactam (4-membered cyclic amide) rings is 1. The van der Waals surface area contributed by atoms with Crippen molar-refractivity contribution in [3.05, 3.63) is 107 Å². The van der Waals surface area contributed by atoms with Gasteiger partial charge in [0.15, 0.2) is 20.5 Å². The smallest absolute Gasteiger partial charge is 0.334 e. The van der Waals surface area contributed by atoms with E-state index in [0.717, 1.165) is 31.2 Å². The van der Waals surface area contributed by atoms with E-state index in [1.54, 1.807) is 34.0 Å². The highest BCUT2D eigenvalue weighted by molar-refractivity contribution is 8.77. The van der Waals surface area contributed by atoms with E-state index in [0.29, 0.717) is 12.1 Å². The third-order valence-corrected chi connectivity index (χ3v) is 17.1. The van der Waals surface area contributed by atoms with Crippen molar-refractivity contribution in [3.63, 3.8) is 0 Å². The number of hydrogen-bond donors (Lipinski definition) is 0. The van der Waals surface area contributed by atoms with Gasteiger partial charge in [-0.2, -0.15) is 0 Å². The van der Waals surface area contributed by atoms with E-state index in [1.165, 1.54) is 10.8 Å². The Labute approximate surface area is 285 Å². The highest BCUT2D eigenvalue weighted by atomic mass is 33.1. The Hall–Kier alpha value is -2.89. The van der Waals surface area contributed by atoms with E-state index in [9.17, 15) is 9.59 Å². The molecule has 242 valence electrons. The predicted octanol–water partition coefficient (Wildman–Crippen LogP) is 9.61. The van der Waals surface area contributed by atoms with Gasteiger partial charge < -0.3 is 14.1 Å². The third-order valence-electron chi connectivity index (χ3n) is 8.64. The van der Waals surface area contributed by atoms with E-state index in [1.807, 2.05) is 72.8 Å². The molecule has 4 aromatic rings. The largest absolute Gasteiger partial charge is 0.451 e. The molecule has 0 saturated carbocycles. The molecule has 3 atom stereocenters. The van der Waals surface area contributed by atoms with Crippen molar-refractivity contribution in [2.75, 3.05) is 6.54 Å². The van der Waals surface area contributed by atoms with Gasteiger partial charge in [-0.3, -0.25) is 4.79 Å². The van der Waals surface area contributed by atoms with E-state index < -0.39 is 26.4 Å². The van der Waals surface area contributed by atoms with Crippen LogP contribution in [0.4, 0.5) is 0 Å². The molecule has 46 heavy (non-hydrogen) atoms. The molecule has 0 spiro atoms. The Morgan fingerprint density at radius 1 is 1.02 bits per heavy atom. The first-order valence-corrected chi connectivity index (χ1v) is 21.4. The summed E-state index contributed by atoms with van der Waals surface area (Å²) in [6.07, 6.45) is -0.680. The van der Waals surface area contributed by atoms with E-state index >= 15 is 0 Å². The first-order valence-electron chi connectivity index (χ1n) is 15.4. The number of hydrogen-bond acceptors (Lipinski definition) is 8. The lowest BCUT2D eigenvalue weighted by atomic mass is 10.00. The molecule has 3 aromatic carbocycles. The zero-order valence-corrected chi connectivity index (χ0v) is 30.9. The molecule has 5 rings (SSSR count). The van der Waals surface area contributed by atoms with Gasteiger partial charge in [0.1, 0.15) is 10.3 Å². The minimum Gasteiger partial charge on any atom is -0.451 e. The average molecular weight is 691 g/mol. The Morgan fingerprint density at radius 3 is 2.17 bits per heavy atom. The lowest BCUT2D eigenvalue weighted by molar-refractivity contribution is -0.160. The van der Waals surface area contributed by atoms with E-state index in [-0.39, 0.29) is 22.3 Å². The van der Waals surface area contributed by atoms with Crippen LogP contribution in [0.5, 0.6) is 0 Å². The fourth-order valence-corrected chi connectivity index (χ4v) is 10.0. The fourth-order valence-electron chi connectivity index (χ4n) is 5.04. The molecule has 1 saturated heterocycles. The van der Waals surface area contributed by atoms with Crippen LogP contribution in [0.15, 0.2) is 95.9 Å². The molecule has 2 heterocycles. The number of carbonyl (C=O) groups excluding carboxylic acids is 2. The number of aromatic nitrogens is 1. The van der Waals surface area contributed by atoms with Crippen molar-refractivity contribution < 1.29 is 18.8 Å². The molecule has 1 aliphatic rings. The summed E-state index contributed by atoms with van der Waals surface area (Å²) in [4.78, 5) is 34.7. The van der Waals surface area contributed by atoms with Gasteiger partial charge in [-0.05, 0) is 60.8 Å². The summed E-state index contributed by atoms with van der Waals surface area (Å²) in [6, 6.07) is 24.6. The Kier molecular flexibility index (Phi) is 10.5. The maximum absolute atomic E-state index is 13.6. The first kappa shape index (κ1) is 34.4. The van der Waals surface area contributed by atoms with Crippen LogP contribution < -0.4 is 0 Å². The number of para-hydroxylation sites is 1. The van der Waals surface area contributed by atoms with Crippen LogP contribution in [0, 0.1) is 0 Å². The lowest BCUT2D eigenvalue weighted by Gasteiger charge is -2.42. The second kappa shape index (κ2) is 14.1. The topological polar surface area (TPSA) is 68.7 Å². The van der Waals surface area contributed by atoms with Crippen molar-refractivity contribution in [1.29, 1.82) is 0 Å². The van der Waals surface area contributed by atoms with Gasteiger partial charge >= 0.3 is 5.97 Å². The van der Waals surface area contributed by atoms with Gasteiger partial charge in [-0.15, -0.1) is 11.3 Å². The summed E-state index contributed by atoms with van der Waals surface area (Å²) >= 11 is 1.66. The first-order chi connectivity index (χ1) is 21.8. The van der Waals surface area contributed by atoms with Gasteiger partial charge in [0.05, 0.1) is 16.3 Å². The Morgan fingerprint density at radius 2 is 1.63 bits per heavy atom. The van der Waals surface area contributed by atoms with Crippen molar-refractivity contribution in [2.24, 2.45) is 0 Å². The number of carbonyl (C=O) groups is 2. The summed E-state index contributed by atoms with van der Waals surface area (Å²) in [5, 5.41) is 0.799. The number of esters is 1. The quantitative estimate of drug-likeness (QED) is 0.0482. The number of nitrogens with zero attached hydrogens (tertiary/aromatic N) is 2. The van der Waals surface area contributed by atoms with Crippen LogP contribution in [0.2, 0.25) is 18.1 Å². The maximum atomic E-state index is 13.6. The number of thiazole rings is 1. The summed E-state index contributed by atoms with van der Waals surface area (Å²) in [7, 11) is 1.12. The van der Waals surface area contributed by atoms with Gasteiger partial charge in [0.2, 0.25) is 5.91 Å². The van der Waals surface area contributed by atoms with Crippen LogP contribution in [-0.4, -0.2) is 47.9 Å². The number of fused-ring (bicyclic) bond motifs is 1. The molecule has 1 aromatic heterocycles. The van der Waals surface area contributed by atoms with Crippen LogP contribution in [0.3, 0.4) is 0 Å². The monoisotopic (exact) mass is 690 g/mol. The molecule has 1 fully saturated rings. The molecule has 0 bridgehead atoms. The molecule has 10 heteroatoms. The number of ether oxygens (including phenoxy) is 1. The van der Waals surface area contributed by atoms with Crippen LogP contribution in [-0.2, 0) is 18.8 Å². The Balaban J connectivity index is 1.25. The molecule has 0 N–H and O–H groups in total. The SMILES string of the molecule is C=C(C)[C@H](C(=O)OC(c1ccccc1)c1ccccc1)N1C[C@H](SSc2cccc3sc(C(C)O[Si](C)(C)C(C)(C)C)nc23)C1=O. The minimum absolute atomic E-state index is 0.0900. The van der Waals surface area contributed by atoms with Crippen LogP contribution >= 0.6 is 32.9 Å². The highest BCUT2D eigenvalue weighted by Gasteiger charge is 2.46. The molecule has 1 aliphatic heterocycles. The normalized spacial score (nSPS) is 16.7. The lowest BCUT2D eigenvalue weighted by Crippen LogP contribution is -2.61. The van der Waals surface area contributed by atoms with Gasteiger partial charge in [-0.25, -0.2) is 9.78 Å². The number of rotatable bonds is 12. The van der Waals surface area contributed by atoms with Crippen molar-refractivity contribution in [2.45, 2.75) is 81.1 Å². The van der Waals surface area contributed by atoms with Gasteiger partial charge in [0, 0.05) is 11.4 Å². The minimum atomic E-state index is -1.95. The maximum Gasteiger partial charge on any atom is 0.334 e. The summed E-state index contributed by atoms with van der Waals surface area (Å²) in [5.74, 6) is -0.579. The molecule has 1 amide bonds. The molecular weight excluding hydrogens is 649 g/mol. The standard InChI is InChI=1S/C36H42N2O4S3Si/c1-23(2)31(35(40)41-32(25-16-11-9-12-17-25)26-18-13-10-14-19-26)38-22-29(34(38)39)45-44-28-21-15-20-27-30(28)37-33(43-27)24(3)42-46(7,8)36(4,5)6/h9-21,24,29,31-32H,1,22H2,2-8H3/t24?,29-,31+/m0/s1. The second-order valence-electron chi connectivity index (χ2n) is 13.2. The molecule has 0 radical (unpaired) electrons. The summed E-state index contributed by atoms with van der Waals surface area (Å²) in [5.41, 5.74) is 3.24. The number of likely N-dealkylation sites (tertiary alicyclic amines) is 1. The molecular formula is C36H42N2O4S3Si. The zero-order valence-electron chi connectivity index (χ0n) is 27.5. The van der Waals surface area contributed by atoms with Crippen LogP contribution in [0.25, 0.3) is 10.2 Å². The summed E-state index contributed by atoms with van der Waals surface area (Å²) < 4.78 is 13.8. The fraction of sp³-hybridized carbons (Fsp3) is 0.361. The molecule has 6 nitrogen and oxygen atoms in total. The van der Waals surface area contributed by atoms with Crippen LogP contribution in [0.1, 0.15) is 63.0 Å². The van der Waals surface area contributed by atoms with E-state index in [4.69, 9.17) is 14.1 Å². The van der Waals surface area contributed by atoms with Crippen molar-refractivity contribution >= 4 is 63.3 Å². The summed E-state index contributed by atoms with van der Waals surface area (Å²) in [6.45, 7) is 19.6. The Bertz CT molecular complexity index is 1670. The van der Waals surface area contributed by atoms with Crippen molar-refractivity contribution in [3.8, 4) is 0 Å².